The first-order chi connectivity index (χ1) is 5.92. The fourth-order valence-corrected chi connectivity index (χ4v) is 1.75. The average Bonchev–Trinajstić information content (AvgIpc) is 2.03. The molecule has 0 saturated heterocycles. The molecule has 0 aromatic carbocycles. The van der Waals surface area contributed by atoms with Crippen molar-refractivity contribution in [3.63, 3.8) is 0 Å². The molecule has 13 heavy (non-hydrogen) atoms. The van der Waals surface area contributed by atoms with Crippen LogP contribution in [0, 0.1) is 5.92 Å². The van der Waals surface area contributed by atoms with Gasteiger partial charge in [0.1, 0.15) is 5.78 Å². The Bertz CT molecular complexity index is 196. The van der Waals surface area contributed by atoms with Crippen molar-refractivity contribution in [2.24, 2.45) is 11.7 Å². The highest BCUT2D eigenvalue weighted by atomic mass is 19.3. The Morgan fingerprint density at radius 3 is 2.31 bits per heavy atom. The number of alkyl halides is 2. The van der Waals surface area contributed by atoms with E-state index in [-0.39, 0.29) is 24.5 Å². The molecule has 1 fully saturated rings. The Kier molecular flexibility index (Phi) is 3.01. The van der Waals surface area contributed by atoms with E-state index < -0.39 is 12.0 Å². The number of rotatable bonds is 2. The first-order valence-corrected chi connectivity index (χ1v) is 4.56. The van der Waals surface area contributed by atoms with Gasteiger partial charge >= 0.3 is 0 Å². The maximum atomic E-state index is 12.7. The third-order valence-corrected chi connectivity index (χ3v) is 2.74. The molecule has 1 saturated carbocycles. The van der Waals surface area contributed by atoms with Crippen molar-refractivity contribution >= 4 is 5.78 Å². The van der Waals surface area contributed by atoms with Crippen LogP contribution in [0.5, 0.6) is 0 Å². The summed E-state index contributed by atoms with van der Waals surface area (Å²) in [6.07, 6.45) is 0.485. The number of nitrogens with two attached hydrogens (primary N) is 1. The zero-order valence-electron chi connectivity index (χ0n) is 7.72. The highest BCUT2D eigenvalue weighted by Crippen LogP contribution is 2.37. The molecule has 0 heterocycles. The van der Waals surface area contributed by atoms with E-state index in [9.17, 15) is 13.6 Å². The lowest BCUT2D eigenvalue weighted by Gasteiger charge is -2.30. The minimum absolute atomic E-state index is 0.0443. The van der Waals surface area contributed by atoms with Crippen LogP contribution in [-0.2, 0) is 4.79 Å². The lowest BCUT2D eigenvalue weighted by Crippen LogP contribution is -2.40. The van der Waals surface area contributed by atoms with Crippen molar-refractivity contribution < 1.29 is 13.6 Å². The lowest BCUT2D eigenvalue weighted by molar-refractivity contribution is -0.120. The van der Waals surface area contributed by atoms with E-state index >= 15 is 0 Å². The number of Topliss-reactive ketones (excluding diaryl/α,β-unsaturated/α-hetero) is 1. The van der Waals surface area contributed by atoms with Gasteiger partial charge in [0, 0.05) is 12.8 Å². The average molecular weight is 191 g/mol. The van der Waals surface area contributed by atoms with E-state index in [4.69, 9.17) is 5.73 Å². The molecule has 1 aliphatic carbocycles. The molecule has 2 nitrogen and oxygen atoms in total. The second-order valence-electron chi connectivity index (χ2n) is 3.83. The third kappa shape index (κ3) is 2.72. The molecule has 0 aromatic rings. The van der Waals surface area contributed by atoms with Crippen molar-refractivity contribution in [3.05, 3.63) is 0 Å². The zero-order chi connectivity index (χ0) is 10.1. The first-order valence-electron chi connectivity index (χ1n) is 4.56. The van der Waals surface area contributed by atoms with Crippen LogP contribution in [0.4, 0.5) is 8.78 Å². The monoisotopic (exact) mass is 191 g/mol. The van der Waals surface area contributed by atoms with E-state index in [1.165, 1.54) is 6.92 Å². The predicted molar refractivity (Wildman–Crippen MR) is 45.6 cm³/mol. The van der Waals surface area contributed by atoms with Crippen LogP contribution in [0.15, 0.2) is 0 Å². The molecular formula is C9H15F2NO. The van der Waals surface area contributed by atoms with E-state index in [2.05, 4.69) is 0 Å². The number of carbonyl (C=O) groups excluding carboxylic acids is 1. The summed E-state index contributed by atoms with van der Waals surface area (Å²) in [7, 11) is 0. The molecule has 0 unspecified atom stereocenters. The van der Waals surface area contributed by atoms with E-state index in [0.29, 0.717) is 12.8 Å². The van der Waals surface area contributed by atoms with Crippen LogP contribution in [-0.4, -0.2) is 17.7 Å². The zero-order valence-corrected chi connectivity index (χ0v) is 7.72. The fourth-order valence-electron chi connectivity index (χ4n) is 1.75. The first kappa shape index (κ1) is 10.6. The summed E-state index contributed by atoms with van der Waals surface area (Å²) in [4.78, 5) is 10.9. The number of hydrogen-bond acceptors (Lipinski definition) is 2. The molecule has 1 atom stereocenters. The summed E-state index contributed by atoms with van der Waals surface area (Å²) < 4.78 is 25.4. The van der Waals surface area contributed by atoms with Crippen LogP contribution in [0.3, 0.4) is 0 Å². The molecule has 4 heteroatoms. The Morgan fingerprint density at radius 2 is 1.92 bits per heavy atom. The highest BCUT2D eigenvalue weighted by Gasteiger charge is 2.37. The number of carbonyl (C=O) groups is 1. The molecule has 0 spiro atoms. The van der Waals surface area contributed by atoms with Gasteiger partial charge in [0.15, 0.2) is 0 Å². The molecule has 1 rings (SSSR count). The van der Waals surface area contributed by atoms with Crippen LogP contribution < -0.4 is 5.73 Å². The number of halogens is 2. The molecule has 76 valence electrons. The van der Waals surface area contributed by atoms with Gasteiger partial charge in [-0.25, -0.2) is 8.78 Å². The van der Waals surface area contributed by atoms with Gasteiger partial charge in [0.2, 0.25) is 5.92 Å². The van der Waals surface area contributed by atoms with Crippen molar-refractivity contribution in [1.82, 2.24) is 0 Å². The van der Waals surface area contributed by atoms with Gasteiger partial charge in [0.05, 0.1) is 6.04 Å². The third-order valence-electron chi connectivity index (χ3n) is 2.74. The Labute approximate surface area is 76.5 Å². The fraction of sp³-hybridized carbons (Fsp3) is 0.889. The topological polar surface area (TPSA) is 43.1 Å². The van der Waals surface area contributed by atoms with Crippen LogP contribution >= 0.6 is 0 Å². The van der Waals surface area contributed by atoms with Crippen LogP contribution in [0.1, 0.15) is 32.6 Å². The standard InChI is InChI=1S/C9H15F2NO/c1-6(13)8(12)7-2-4-9(10,11)5-3-7/h7-8H,2-5,12H2,1H3/t8-/m1/s1. The van der Waals surface area contributed by atoms with E-state index in [1.807, 2.05) is 0 Å². The van der Waals surface area contributed by atoms with Crippen molar-refractivity contribution in [3.8, 4) is 0 Å². The normalized spacial score (nSPS) is 25.5. The smallest absolute Gasteiger partial charge is 0.248 e. The maximum Gasteiger partial charge on any atom is 0.248 e. The van der Waals surface area contributed by atoms with Crippen molar-refractivity contribution in [1.29, 1.82) is 0 Å². The van der Waals surface area contributed by atoms with Gasteiger partial charge < -0.3 is 5.73 Å². The molecule has 1 aliphatic rings. The number of hydrogen-bond donors (Lipinski definition) is 1. The van der Waals surface area contributed by atoms with Gasteiger partial charge in [-0.2, -0.15) is 0 Å². The molecule has 0 amide bonds. The highest BCUT2D eigenvalue weighted by molar-refractivity contribution is 5.81. The van der Waals surface area contributed by atoms with E-state index in [0.717, 1.165) is 0 Å². The van der Waals surface area contributed by atoms with Gasteiger partial charge in [-0.3, -0.25) is 4.79 Å². The SMILES string of the molecule is CC(=O)[C@@H](N)C1CCC(F)(F)CC1. The summed E-state index contributed by atoms with van der Waals surface area (Å²) in [5.74, 6) is -2.68. The summed E-state index contributed by atoms with van der Waals surface area (Å²) in [6.45, 7) is 1.41. The number of ketones is 1. The second-order valence-corrected chi connectivity index (χ2v) is 3.83. The van der Waals surface area contributed by atoms with Gasteiger partial charge in [0.25, 0.3) is 0 Å². The molecule has 2 N–H and O–H groups in total. The summed E-state index contributed by atoms with van der Waals surface area (Å²) in [5, 5.41) is 0. The van der Waals surface area contributed by atoms with Crippen LogP contribution in [0.2, 0.25) is 0 Å². The van der Waals surface area contributed by atoms with Crippen molar-refractivity contribution in [2.75, 3.05) is 0 Å². The second kappa shape index (κ2) is 3.70. The summed E-state index contributed by atoms with van der Waals surface area (Å²) >= 11 is 0. The molecule has 0 bridgehead atoms. The molecule has 0 aliphatic heterocycles. The van der Waals surface area contributed by atoms with Gasteiger partial charge in [-0.1, -0.05) is 0 Å². The maximum absolute atomic E-state index is 12.7. The summed E-state index contributed by atoms with van der Waals surface area (Å²) in [5.41, 5.74) is 5.59. The van der Waals surface area contributed by atoms with E-state index in [1.54, 1.807) is 0 Å². The van der Waals surface area contributed by atoms with Gasteiger partial charge in [-0.05, 0) is 25.7 Å². The minimum atomic E-state index is -2.53. The Hall–Kier alpha value is -0.510. The van der Waals surface area contributed by atoms with Gasteiger partial charge in [-0.15, -0.1) is 0 Å². The molecule has 0 aromatic heterocycles. The quantitative estimate of drug-likeness (QED) is 0.722. The summed E-state index contributed by atoms with van der Waals surface area (Å²) in [6, 6.07) is -0.545. The van der Waals surface area contributed by atoms with Crippen LogP contribution in [0.25, 0.3) is 0 Å². The predicted octanol–water partition coefficient (Wildman–Crippen LogP) is 1.73. The lowest BCUT2D eigenvalue weighted by atomic mass is 9.81. The minimum Gasteiger partial charge on any atom is -0.321 e. The molecule has 0 radical (unpaired) electrons. The Morgan fingerprint density at radius 1 is 1.46 bits per heavy atom. The largest absolute Gasteiger partial charge is 0.321 e. The Balaban J connectivity index is 2.45. The van der Waals surface area contributed by atoms with Crippen molar-refractivity contribution in [2.45, 2.75) is 44.6 Å². The molecular weight excluding hydrogens is 176 g/mol.